The molecule has 0 atom stereocenters. The van der Waals surface area contributed by atoms with Gasteiger partial charge in [0, 0.05) is 0 Å². The van der Waals surface area contributed by atoms with E-state index in [1.54, 1.807) is 0 Å². The van der Waals surface area contributed by atoms with Crippen LogP contribution in [-0.2, 0) is 11.2 Å². The van der Waals surface area contributed by atoms with Crippen molar-refractivity contribution in [3.8, 4) is 5.75 Å². The van der Waals surface area contributed by atoms with Gasteiger partial charge in [-0.15, -0.1) is 0 Å². The maximum Gasteiger partial charge on any atom is 0.221 e. The van der Waals surface area contributed by atoms with E-state index in [1.807, 2.05) is 18.2 Å². The van der Waals surface area contributed by atoms with Crippen LogP contribution in [0.1, 0.15) is 24.8 Å². The summed E-state index contributed by atoms with van der Waals surface area (Å²) >= 11 is 3.45. The molecule has 3 nitrogen and oxygen atoms in total. The molecule has 0 spiro atoms. The fourth-order valence-corrected chi connectivity index (χ4v) is 2.38. The molecule has 4 heteroatoms. The molecule has 17 heavy (non-hydrogen) atoms. The third-order valence-corrected chi connectivity index (χ3v) is 3.69. The molecule has 0 aliphatic heterocycles. The Labute approximate surface area is 109 Å². The van der Waals surface area contributed by atoms with Crippen LogP contribution in [0.15, 0.2) is 22.7 Å². The Morgan fingerprint density at radius 3 is 2.76 bits per heavy atom. The quantitative estimate of drug-likeness (QED) is 0.908. The summed E-state index contributed by atoms with van der Waals surface area (Å²) in [6.07, 6.45) is 4.14. The van der Waals surface area contributed by atoms with Gasteiger partial charge < -0.3 is 10.5 Å². The lowest BCUT2D eigenvalue weighted by Crippen LogP contribution is -2.19. The molecule has 0 unspecified atom stereocenters. The summed E-state index contributed by atoms with van der Waals surface area (Å²) in [4.78, 5) is 10.8. The van der Waals surface area contributed by atoms with Gasteiger partial charge in [0.15, 0.2) is 0 Å². The fraction of sp³-hybridized carbons (Fsp3) is 0.462. The van der Waals surface area contributed by atoms with Crippen molar-refractivity contribution in [3.63, 3.8) is 0 Å². The van der Waals surface area contributed by atoms with Gasteiger partial charge in [-0.05, 0) is 52.4 Å². The standard InChI is InChI=1S/C13H16BrNO2/c14-11-6-10(7-13(15)16)4-5-12(11)17-8-9-2-1-3-9/h4-6,9H,1-3,7-8H2,(H2,15,16). The molecule has 92 valence electrons. The Morgan fingerprint density at radius 2 is 2.24 bits per heavy atom. The van der Waals surface area contributed by atoms with Gasteiger partial charge in [0.2, 0.25) is 5.91 Å². The van der Waals surface area contributed by atoms with Crippen molar-refractivity contribution in [2.75, 3.05) is 6.61 Å². The van der Waals surface area contributed by atoms with Crippen molar-refractivity contribution >= 4 is 21.8 Å². The van der Waals surface area contributed by atoms with Crippen molar-refractivity contribution < 1.29 is 9.53 Å². The van der Waals surface area contributed by atoms with Gasteiger partial charge in [-0.1, -0.05) is 12.5 Å². The number of rotatable bonds is 5. The normalized spacial score (nSPS) is 15.4. The third kappa shape index (κ3) is 3.46. The number of ether oxygens (including phenoxy) is 1. The molecule has 0 aromatic heterocycles. The van der Waals surface area contributed by atoms with Crippen LogP contribution in [0.4, 0.5) is 0 Å². The third-order valence-electron chi connectivity index (χ3n) is 3.07. The van der Waals surface area contributed by atoms with Crippen LogP contribution in [0.2, 0.25) is 0 Å². The van der Waals surface area contributed by atoms with E-state index in [9.17, 15) is 4.79 Å². The van der Waals surface area contributed by atoms with E-state index in [4.69, 9.17) is 10.5 Å². The van der Waals surface area contributed by atoms with Gasteiger partial charge >= 0.3 is 0 Å². The number of benzene rings is 1. The van der Waals surface area contributed by atoms with E-state index >= 15 is 0 Å². The van der Waals surface area contributed by atoms with E-state index in [2.05, 4.69) is 15.9 Å². The summed E-state index contributed by atoms with van der Waals surface area (Å²) in [7, 11) is 0. The first kappa shape index (κ1) is 12.4. The predicted molar refractivity (Wildman–Crippen MR) is 69.9 cm³/mol. The number of primary amides is 1. The molecule has 2 rings (SSSR count). The predicted octanol–water partition coefficient (Wildman–Crippen LogP) is 2.66. The van der Waals surface area contributed by atoms with Crippen molar-refractivity contribution in [1.82, 2.24) is 0 Å². The Kier molecular flexibility index (Phi) is 4.05. The van der Waals surface area contributed by atoms with Crippen LogP contribution in [0.5, 0.6) is 5.75 Å². The SMILES string of the molecule is NC(=O)Cc1ccc(OCC2CCC2)c(Br)c1. The van der Waals surface area contributed by atoms with Crippen LogP contribution in [0.25, 0.3) is 0 Å². The van der Waals surface area contributed by atoms with Crippen LogP contribution in [0, 0.1) is 5.92 Å². The summed E-state index contributed by atoms with van der Waals surface area (Å²) < 4.78 is 6.62. The molecule has 0 saturated heterocycles. The van der Waals surface area contributed by atoms with Gasteiger partial charge in [0.1, 0.15) is 5.75 Å². The number of carbonyl (C=O) groups excluding carboxylic acids is 1. The number of carbonyl (C=O) groups is 1. The van der Waals surface area contributed by atoms with Gasteiger partial charge in [-0.3, -0.25) is 4.79 Å². The molecule has 0 radical (unpaired) electrons. The van der Waals surface area contributed by atoms with Crippen LogP contribution < -0.4 is 10.5 Å². The van der Waals surface area contributed by atoms with Crippen LogP contribution in [-0.4, -0.2) is 12.5 Å². The minimum absolute atomic E-state index is 0.265. The van der Waals surface area contributed by atoms with Gasteiger partial charge in [0.25, 0.3) is 0 Å². The molecular weight excluding hydrogens is 282 g/mol. The molecule has 0 bridgehead atoms. The topological polar surface area (TPSA) is 52.3 Å². The molecule has 0 heterocycles. The summed E-state index contributed by atoms with van der Waals surface area (Å²) in [5, 5.41) is 0. The molecule has 1 aromatic carbocycles. The highest BCUT2D eigenvalue weighted by Crippen LogP contribution is 2.30. The summed E-state index contributed by atoms with van der Waals surface area (Å²) in [5.41, 5.74) is 6.05. The Hall–Kier alpha value is -1.03. The van der Waals surface area contributed by atoms with Crippen LogP contribution >= 0.6 is 15.9 Å². The average Bonchev–Trinajstić information content (AvgIpc) is 2.17. The van der Waals surface area contributed by atoms with E-state index in [0.717, 1.165) is 22.4 Å². The molecular formula is C13H16BrNO2. The number of amides is 1. The van der Waals surface area contributed by atoms with Gasteiger partial charge in [-0.2, -0.15) is 0 Å². The van der Waals surface area contributed by atoms with Crippen molar-refractivity contribution in [3.05, 3.63) is 28.2 Å². The summed E-state index contributed by atoms with van der Waals surface area (Å²) in [5.74, 6) is 1.23. The van der Waals surface area contributed by atoms with Crippen molar-refractivity contribution in [2.45, 2.75) is 25.7 Å². The number of halogens is 1. The van der Waals surface area contributed by atoms with Crippen LogP contribution in [0.3, 0.4) is 0 Å². The second-order valence-corrected chi connectivity index (χ2v) is 5.37. The fourth-order valence-electron chi connectivity index (χ4n) is 1.84. The van der Waals surface area contributed by atoms with E-state index < -0.39 is 0 Å². The van der Waals surface area contributed by atoms with Gasteiger partial charge in [0.05, 0.1) is 17.5 Å². The Bertz CT molecular complexity index is 416. The lowest BCUT2D eigenvalue weighted by molar-refractivity contribution is -0.117. The highest BCUT2D eigenvalue weighted by atomic mass is 79.9. The second kappa shape index (κ2) is 5.54. The average molecular weight is 298 g/mol. The number of hydrogen-bond donors (Lipinski definition) is 1. The number of hydrogen-bond acceptors (Lipinski definition) is 2. The maximum absolute atomic E-state index is 10.8. The lowest BCUT2D eigenvalue weighted by atomic mass is 9.86. The van der Waals surface area contributed by atoms with E-state index in [1.165, 1.54) is 19.3 Å². The Morgan fingerprint density at radius 1 is 1.47 bits per heavy atom. The molecule has 1 aliphatic rings. The maximum atomic E-state index is 10.8. The largest absolute Gasteiger partial charge is 0.492 e. The van der Waals surface area contributed by atoms with E-state index in [-0.39, 0.29) is 12.3 Å². The minimum atomic E-state index is -0.319. The first-order chi connectivity index (χ1) is 8.15. The molecule has 1 fully saturated rings. The zero-order chi connectivity index (χ0) is 12.3. The molecule has 1 saturated carbocycles. The zero-order valence-electron chi connectivity index (χ0n) is 9.62. The molecule has 2 N–H and O–H groups in total. The van der Waals surface area contributed by atoms with Crippen molar-refractivity contribution in [2.24, 2.45) is 11.7 Å². The monoisotopic (exact) mass is 297 g/mol. The lowest BCUT2D eigenvalue weighted by Gasteiger charge is -2.25. The second-order valence-electron chi connectivity index (χ2n) is 4.52. The van der Waals surface area contributed by atoms with E-state index in [0.29, 0.717) is 5.92 Å². The van der Waals surface area contributed by atoms with Crippen molar-refractivity contribution in [1.29, 1.82) is 0 Å². The number of nitrogens with two attached hydrogens (primary N) is 1. The summed E-state index contributed by atoms with van der Waals surface area (Å²) in [6, 6.07) is 5.66. The smallest absolute Gasteiger partial charge is 0.221 e. The minimum Gasteiger partial charge on any atom is -0.492 e. The Balaban J connectivity index is 1.95. The highest BCUT2D eigenvalue weighted by molar-refractivity contribution is 9.10. The van der Waals surface area contributed by atoms with Gasteiger partial charge in [-0.25, -0.2) is 0 Å². The first-order valence-corrected chi connectivity index (χ1v) is 6.64. The highest BCUT2D eigenvalue weighted by Gasteiger charge is 2.18. The molecule has 1 amide bonds. The molecule has 1 aromatic rings. The summed E-state index contributed by atoms with van der Waals surface area (Å²) in [6.45, 7) is 0.785. The molecule has 1 aliphatic carbocycles. The first-order valence-electron chi connectivity index (χ1n) is 5.84. The zero-order valence-corrected chi connectivity index (χ0v) is 11.2.